The molecule has 1 amide bonds. The van der Waals surface area contributed by atoms with E-state index in [9.17, 15) is 9.59 Å². The van der Waals surface area contributed by atoms with Crippen molar-refractivity contribution in [1.82, 2.24) is 14.7 Å². The number of carbonyl (C=O) groups excluding carboxylic acids is 2. The van der Waals surface area contributed by atoms with Gasteiger partial charge in [-0.3, -0.25) is 4.68 Å². The van der Waals surface area contributed by atoms with Crippen LogP contribution in [0.1, 0.15) is 45.5 Å². The number of nitrogens with zero attached hydrogens (tertiary/aromatic N) is 3. The molecule has 1 aliphatic heterocycles. The second-order valence-corrected chi connectivity index (χ2v) is 6.62. The van der Waals surface area contributed by atoms with E-state index in [4.69, 9.17) is 9.47 Å². The summed E-state index contributed by atoms with van der Waals surface area (Å²) in [5.74, 6) is -0.393. The largest absolute Gasteiger partial charge is 0.463 e. The molecule has 24 heavy (non-hydrogen) atoms. The average Bonchev–Trinajstić information content (AvgIpc) is 2.74. The van der Waals surface area contributed by atoms with Gasteiger partial charge >= 0.3 is 12.1 Å². The molecule has 0 saturated carbocycles. The van der Waals surface area contributed by atoms with Gasteiger partial charge in [-0.25, -0.2) is 9.59 Å². The molecule has 0 bridgehead atoms. The number of hydrogen-bond acceptors (Lipinski definition) is 5. The van der Waals surface area contributed by atoms with E-state index in [0.29, 0.717) is 25.4 Å². The molecule has 0 aliphatic carbocycles. The number of fused-ring (bicyclic) bond motifs is 1. The van der Waals surface area contributed by atoms with Crippen LogP contribution < -0.4 is 0 Å². The van der Waals surface area contributed by atoms with E-state index >= 15 is 0 Å². The number of ether oxygens (including phenoxy) is 2. The third-order valence-electron chi connectivity index (χ3n) is 3.36. The zero-order chi connectivity index (χ0) is 17.7. The fourth-order valence-corrected chi connectivity index (χ4v) is 2.39. The summed E-state index contributed by atoms with van der Waals surface area (Å²) in [5.41, 5.74) is 1.07. The van der Waals surface area contributed by atoms with E-state index in [0.717, 1.165) is 18.7 Å². The third kappa shape index (κ3) is 5.11. The van der Waals surface area contributed by atoms with E-state index in [-0.39, 0.29) is 6.09 Å². The average molecular weight is 335 g/mol. The van der Waals surface area contributed by atoms with Crippen molar-refractivity contribution >= 4 is 18.1 Å². The summed E-state index contributed by atoms with van der Waals surface area (Å²) in [5, 5.41) is 4.45. The van der Waals surface area contributed by atoms with Gasteiger partial charge in [0.05, 0.1) is 24.5 Å². The highest BCUT2D eigenvalue weighted by Gasteiger charge is 2.25. The summed E-state index contributed by atoms with van der Waals surface area (Å²) in [6.45, 7) is 9.45. The highest BCUT2D eigenvalue weighted by molar-refractivity contribution is 5.86. The first kappa shape index (κ1) is 18.0. The van der Waals surface area contributed by atoms with E-state index in [1.807, 2.05) is 31.5 Å². The van der Waals surface area contributed by atoms with Crippen molar-refractivity contribution in [3.05, 3.63) is 23.5 Å². The van der Waals surface area contributed by atoms with Crippen LogP contribution in [0.4, 0.5) is 4.79 Å². The van der Waals surface area contributed by atoms with E-state index in [2.05, 4.69) is 5.10 Å². The highest BCUT2D eigenvalue weighted by atomic mass is 16.6. The lowest BCUT2D eigenvalue weighted by atomic mass is 10.2. The first-order chi connectivity index (χ1) is 11.3. The molecule has 0 spiro atoms. The zero-order valence-corrected chi connectivity index (χ0v) is 14.7. The number of esters is 1. The van der Waals surface area contributed by atoms with E-state index < -0.39 is 11.6 Å². The summed E-state index contributed by atoms with van der Waals surface area (Å²) in [4.78, 5) is 25.3. The van der Waals surface area contributed by atoms with Gasteiger partial charge in [0, 0.05) is 19.2 Å². The maximum absolute atomic E-state index is 12.3. The lowest BCUT2D eigenvalue weighted by molar-refractivity contribution is -0.137. The number of amides is 1. The SMILES string of the molecule is CCOC(=O)/C=C/c1cc2n(n1)CCCN(C(=O)OC(C)(C)C)C2. The summed E-state index contributed by atoms with van der Waals surface area (Å²) < 4.78 is 12.2. The lowest BCUT2D eigenvalue weighted by Gasteiger charge is -2.26. The molecule has 2 rings (SSSR count). The molecule has 0 saturated heterocycles. The minimum absolute atomic E-state index is 0.319. The second kappa shape index (κ2) is 7.51. The van der Waals surface area contributed by atoms with Crippen molar-refractivity contribution < 1.29 is 19.1 Å². The fraction of sp³-hybridized carbons (Fsp3) is 0.588. The van der Waals surface area contributed by atoms with Crippen molar-refractivity contribution in [2.75, 3.05) is 13.2 Å². The summed E-state index contributed by atoms with van der Waals surface area (Å²) >= 11 is 0. The smallest absolute Gasteiger partial charge is 0.410 e. The Morgan fingerprint density at radius 1 is 1.33 bits per heavy atom. The topological polar surface area (TPSA) is 73.7 Å². The molecule has 2 heterocycles. The molecule has 0 atom stereocenters. The van der Waals surface area contributed by atoms with Crippen LogP contribution in [0.25, 0.3) is 6.08 Å². The maximum Gasteiger partial charge on any atom is 0.410 e. The standard InChI is InChI=1S/C17H25N3O4/c1-5-23-15(21)8-7-13-11-14-12-19(9-6-10-20(14)18-13)16(22)24-17(2,3)4/h7-8,11H,5-6,9-10,12H2,1-4H3/b8-7+. The van der Waals surface area contributed by atoms with Gasteiger partial charge in [-0.05, 0) is 46.3 Å². The van der Waals surface area contributed by atoms with Gasteiger partial charge in [-0.15, -0.1) is 0 Å². The molecular formula is C17H25N3O4. The predicted molar refractivity (Wildman–Crippen MR) is 89.2 cm³/mol. The normalized spacial score (nSPS) is 15.1. The number of carbonyl (C=O) groups is 2. The Hall–Kier alpha value is -2.31. The van der Waals surface area contributed by atoms with Crippen molar-refractivity contribution in [3.8, 4) is 0 Å². The van der Waals surface area contributed by atoms with Crippen LogP contribution in [0, 0.1) is 0 Å². The Morgan fingerprint density at radius 2 is 2.08 bits per heavy atom. The van der Waals surface area contributed by atoms with Crippen molar-refractivity contribution in [2.24, 2.45) is 0 Å². The molecule has 0 unspecified atom stereocenters. The fourth-order valence-electron chi connectivity index (χ4n) is 2.39. The summed E-state index contributed by atoms with van der Waals surface area (Å²) in [7, 11) is 0. The predicted octanol–water partition coefficient (Wildman–Crippen LogP) is 2.60. The Kier molecular flexibility index (Phi) is 5.64. The molecule has 132 valence electrons. The van der Waals surface area contributed by atoms with Crippen LogP contribution in [-0.4, -0.2) is 45.5 Å². The van der Waals surface area contributed by atoms with Crippen LogP contribution >= 0.6 is 0 Å². The molecule has 0 aromatic carbocycles. The van der Waals surface area contributed by atoms with Crippen molar-refractivity contribution in [3.63, 3.8) is 0 Å². The van der Waals surface area contributed by atoms with Crippen LogP contribution in [-0.2, 0) is 27.4 Å². The molecule has 1 aromatic rings. The van der Waals surface area contributed by atoms with Crippen molar-refractivity contribution in [2.45, 2.75) is 52.8 Å². The number of aryl methyl sites for hydroxylation is 1. The van der Waals surface area contributed by atoms with Gasteiger partial charge in [-0.1, -0.05) is 0 Å². The minimum Gasteiger partial charge on any atom is -0.463 e. The highest BCUT2D eigenvalue weighted by Crippen LogP contribution is 2.17. The van der Waals surface area contributed by atoms with Gasteiger partial charge in [0.25, 0.3) is 0 Å². The molecular weight excluding hydrogens is 310 g/mol. The maximum atomic E-state index is 12.3. The lowest BCUT2D eigenvalue weighted by Crippen LogP contribution is -2.36. The summed E-state index contributed by atoms with van der Waals surface area (Å²) in [6.07, 6.45) is 3.46. The first-order valence-electron chi connectivity index (χ1n) is 8.18. The van der Waals surface area contributed by atoms with Gasteiger partial charge in [0.2, 0.25) is 0 Å². The Bertz CT molecular complexity index is 628. The van der Waals surface area contributed by atoms with Gasteiger partial charge in [0.15, 0.2) is 0 Å². The van der Waals surface area contributed by atoms with Gasteiger partial charge in [-0.2, -0.15) is 5.10 Å². The van der Waals surface area contributed by atoms with Crippen molar-refractivity contribution in [1.29, 1.82) is 0 Å². The molecule has 7 nitrogen and oxygen atoms in total. The molecule has 1 aliphatic rings. The van der Waals surface area contributed by atoms with Crippen LogP contribution in [0.3, 0.4) is 0 Å². The van der Waals surface area contributed by atoms with Crippen LogP contribution in [0.15, 0.2) is 12.1 Å². The molecule has 0 N–H and O–H groups in total. The zero-order valence-electron chi connectivity index (χ0n) is 14.7. The van der Waals surface area contributed by atoms with E-state index in [1.165, 1.54) is 6.08 Å². The second-order valence-electron chi connectivity index (χ2n) is 6.62. The Morgan fingerprint density at radius 3 is 2.75 bits per heavy atom. The first-order valence-corrected chi connectivity index (χ1v) is 8.18. The Labute approximate surface area is 142 Å². The monoisotopic (exact) mass is 335 g/mol. The number of hydrogen-bond donors (Lipinski definition) is 0. The molecule has 0 radical (unpaired) electrons. The van der Waals surface area contributed by atoms with Crippen LogP contribution in [0.2, 0.25) is 0 Å². The van der Waals surface area contributed by atoms with Gasteiger partial charge < -0.3 is 14.4 Å². The van der Waals surface area contributed by atoms with Gasteiger partial charge in [0.1, 0.15) is 5.60 Å². The third-order valence-corrected chi connectivity index (χ3v) is 3.36. The van der Waals surface area contributed by atoms with Crippen LogP contribution in [0.5, 0.6) is 0 Å². The number of rotatable bonds is 3. The molecule has 1 aromatic heterocycles. The number of aromatic nitrogens is 2. The molecule has 0 fully saturated rings. The quantitative estimate of drug-likeness (QED) is 0.627. The summed E-state index contributed by atoms with van der Waals surface area (Å²) in [6, 6.07) is 1.87. The van der Waals surface area contributed by atoms with E-state index in [1.54, 1.807) is 17.9 Å². The minimum atomic E-state index is -0.517. The molecule has 7 heteroatoms. The Balaban J connectivity index is 2.07.